The highest BCUT2D eigenvalue weighted by Crippen LogP contribution is 2.44. The van der Waals surface area contributed by atoms with E-state index in [4.69, 9.17) is 0 Å². The third-order valence-electron chi connectivity index (χ3n) is 4.91. The molecule has 2 bridgehead atoms. The van der Waals surface area contributed by atoms with Gasteiger partial charge in [-0.3, -0.25) is 0 Å². The maximum Gasteiger partial charge on any atom is 0.573 e. The van der Waals surface area contributed by atoms with Crippen molar-refractivity contribution in [1.82, 2.24) is 9.88 Å². The molecule has 1 aromatic carbocycles. The summed E-state index contributed by atoms with van der Waals surface area (Å²) in [5, 5.41) is 2.69. The van der Waals surface area contributed by atoms with Crippen LogP contribution in [0.15, 0.2) is 36.5 Å². The molecule has 3 heterocycles. The fourth-order valence-electron chi connectivity index (χ4n) is 3.85. The van der Waals surface area contributed by atoms with Gasteiger partial charge in [0.05, 0.1) is 6.04 Å². The molecule has 2 aromatic rings. The highest BCUT2D eigenvalue weighted by Gasteiger charge is 2.43. The smallest absolute Gasteiger partial charge is 0.406 e. The average Bonchev–Trinajstić information content (AvgIpc) is 2.92. The Balaban J connectivity index is 1.49. The zero-order chi connectivity index (χ0) is 19.2. The lowest BCUT2D eigenvalue weighted by atomic mass is 9.95. The number of hydrogen-bond donors (Lipinski definition) is 1. The third kappa shape index (κ3) is 3.41. The van der Waals surface area contributed by atoms with E-state index in [1.807, 2.05) is 0 Å². The lowest BCUT2D eigenvalue weighted by Crippen LogP contribution is -2.44. The Hall–Kier alpha value is -2.84. The molecule has 0 radical (unpaired) electrons. The molecule has 5 nitrogen and oxygen atoms in total. The normalized spacial score (nSPS) is 21.0. The van der Waals surface area contributed by atoms with Crippen LogP contribution in [0.2, 0.25) is 0 Å². The van der Waals surface area contributed by atoms with Gasteiger partial charge < -0.3 is 15.0 Å². The number of ether oxygens (including phenoxy) is 1. The molecule has 27 heavy (non-hydrogen) atoms. The molecule has 1 N–H and O–H groups in total. The van der Waals surface area contributed by atoms with Gasteiger partial charge >= 0.3 is 12.4 Å². The van der Waals surface area contributed by atoms with E-state index in [9.17, 15) is 22.4 Å². The monoisotopic (exact) mass is 381 g/mol. The van der Waals surface area contributed by atoms with Gasteiger partial charge in [-0.15, -0.1) is 13.2 Å². The second-order valence-corrected chi connectivity index (χ2v) is 6.53. The lowest BCUT2D eigenvalue weighted by molar-refractivity contribution is -0.274. The summed E-state index contributed by atoms with van der Waals surface area (Å²) in [7, 11) is 0. The van der Waals surface area contributed by atoms with Crippen LogP contribution >= 0.6 is 0 Å². The van der Waals surface area contributed by atoms with Gasteiger partial charge in [0.1, 0.15) is 5.75 Å². The summed E-state index contributed by atoms with van der Waals surface area (Å²) in [5.41, 5.74) is 1.67. The van der Waals surface area contributed by atoms with Gasteiger partial charge in [0.2, 0.25) is 5.95 Å². The van der Waals surface area contributed by atoms with Crippen molar-refractivity contribution in [2.45, 2.75) is 37.7 Å². The Morgan fingerprint density at radius 2 is 1.93 bits per heavy atom. The summed E-state index contributed by atoms with van der Waals surface area (Å²) >= 11 is 0. The minimum atomic E-state index is -4.77. The van der Waals surface area contributed by atoms with Crippen molar-refractivity contribution in [2.75, 3.05) is 5.32 Å². The standard InChI is InChI=1S/C18H15F4N3O2/c19-16-14-9-11-3-6-15(13(14)7-8-23-16)25(11)17(26)24-10-1-4-12(5-2-10)27-18(20,21)22/h1-2,4-5,7-8,11,15H,3,6,9H2,(H,24,26)/t11-,15+/m1/s1. The van der Waals surface area contributed by atoms with Crippen LogP contribution < -0.4 is 10.1 Å². The number of aromatic nitrogens is 1. The van der Waals surface area contributed by atoms with Crippen molar-refractivity contribution in [3.8, 4) is 5.75 Å². The number of rotatable bonds is 2. The number of anilines is 1. The molecule has 0 spiro atoms. The summed E-state index contributed by atoms with van der Waals surface area (Å²) in [6.45, 7) is 0. The molecular formula is C18H15F4N3O2. The van der Waals surface area contributed by atoms with Crippen LogP contribution in [-0.4, -0.2) is 28.3 Å². The van der Waals surface area contributed by atoms with E-state index in [1.165, 1.54) is 18.3 Å². The molecule has 2 aliphatic rings. The number of carbonyl (C=O) groups excluding carboxylic acids is 1. The number of nitrogens with one attached hydrogen (secondary N) is 1. The SMILES string of the molecule is O=C(Nc1ccc(OC(F)(F)F)cc1)N1[C@@H]2CC[C@H]1c1ccnc(F)c1C2. The Bertz CT molecular complexity index is 870. The van der Waals surface area contributed by atoms with Crippen LogP contribution in [0.3, 0.4) is 0 Å². The molecule has 2 aliphatic heterocycles. The second kappa shape index (κ2) is 6.40. The van der Waals surface area contributed by atoms with Gasteiger partial charge in [-0.05, 0) is 55.2 Å². The first kappa shape index (κ1) is 17.6. The zero-order valence-electron chi connectivity index (χ0n) is 14.0. The van der Waals surface area contributed by atoms with Crippen LogP contribution in [0, 0.1) is 5.95 Å². The van der Waals surface area contributed by atoms with Gasteiger partial charge in [0, 0.05) is 23.5 Å². The van der Waals surface area contributed by atoms with Crippen molar-refractivity contribution in [3.05, 3.63) is 53.6 Å². The van der Waals surface area contributed by atoms with Crippen LogP contribution in [0.1, 0.15) is 30.0 Å². The van der Waals surface area contributed by atoms with E-state index in [0.29, 0.717) is 17.7 Å². The minimum Gasteiger partial charge on any atom is -0.406 e. The van der Waals surface area contributed by atoms with Crippen molar-refractivity contribution >= 4 is 11.7 Å². The molecule has 9 heteroatoms. The summed E-state index contributed by atoms with van der Waals surface area (Å²) in [4.78, 5) is 18.1. The predicted octanol–water partition coefficient (Wildman–Crippen LogP) is 4.41. The van der Waals surface area contributed by atoms with E-state index in [1.54, 1.807) is 11.0 Å². The first-order valence-corrected chi connectivity index (χ1v) is 8.40. The number of fused-ring (bicyclic) bond motifs is 4. The maximum atomic E-state index is 14.0. The molecule has 0 unspecified atom stereocenters. The molecule has 1 saturated heterocycles. The van der Waals surface area contributed by atoms with E-state index < -0.39 is 12.3 Å². The van der Waals surface area contributed by atoms with Crippen LogP contribution in [0.5, 0.6) is 5.75 Å². The van der Waals surface area contributed by atoms with Crippen molar-refractivity contribution in [2.24, 2.45) is 0 Å². The largest absolute Gasteiger partial charge is 0.573 e. The predicted molar refractivity (Wildman–Crippen MR) is 87.6 cm³/mol. The second-order valence-electron chi connectivity index (χ2n) is 6.53. The summed E-state index contributed by atoms with van der Waals surface area (Å²) in [6, 6.07) is 5.93. The van der Waals surface area contributed by atoms with Gasteiger partial charge in [-0.1, -0.05) is 0 Å². The number of pyridine rings is 1. The van der Waals surface area contributed by atoms with Crippen LogP contribution in [0.4, 0.5) is 28.0 Å². The third-order valence-corrected chi connectivity index (χ3v) is 4.91. The summed E-state index contributed by atoms with van der Waals surface area (Å²) in [5.74, 6) is -0.861. The Morgan fingerprint density at radius 3 is 2.63 bits per heavy atom. The van der Waals surface area contributed by atoms with E-state index in [0.717, 1.165) is 30.5 Å². The molecule has 1 fully saturated rings. The molecular weight excluding hydrogens is 366 g/mol. The van der Waals surface area contributed by atoms with E-state index in [-0.39, 0.29) is 23.9 Å². The Labute approximate surface area is 151 Å². The number of hydrogen-bond acceptors (Lipinski definition) is 3. The molecule has 142 valence electrons. The summed E-state index contributed by atoms with van der Waals surface area (Å²) in [6.07, 6.45) is -1.49. The fourth-order valence-corrected chi connectivity index (χ4v) is 3.85. The minimum absolute atomic E-state index is 0.131. The quantitative estimate of drug-likeness (QED) is 0.619. The number of amides is 2. The number of urea groups is 1. The van der Waals surface area contributed by atoms with Gasteiger partial charge in [0.25, 0.3) is 0 Å². The number of nitrogens with zero attached hydrogens (tertiary/aromatic N) is 2. The topological polar surface area (TPSA) is 54.5 Å². The molecule has 1 aromatic heterocycles. The first-order chi connectivity index (χ1) is 12.8. The van der Waals surface area contributed by atoms with Gasteiger partial charge in [0.15, 0.2) is 0 Å². The van der Waals surface area contributed by atoms with E-state index >= 15 is 0 Å². The molecule has 0 aliphatic carbocycles. The zero-order valence-corrected chi connectivity index (χ0v) is 14.0. The molecule has 4 rings (SSSR count). The highest BCUT2D eigenvalue weighted by atomic mass is 19.4. The Morgan fingerprint density at radius 1 is 1.19 bits per heavy atom. The van der Waals surface area contributed by atoms with Crippen LogP contribution in [0.25, 0.3) is 0 Å². The van der Waals surface area contributed by atoms with E-state index in [2.05, 4.69) is 15.0 Å². The van der Waals surface area contributed by atoms with Crippen molar-refractivity contribution in [3.63, 3.8) is 0 Å². The average molecular weight is 381 g/mol. The number of halogens is 4. The highest BCUT2D eigenvalue weighted by molar-refractivity contribution is 5.90. The van der Waals surface area contributed by atoms with Gasteiger partial charge in [-0.25, -0.2) is 9.78 Å². The molecule has 0 saturated carbocycles. The maximum absolute atomic E-state index is 14.0. The molecule has 2 atom stereocenters. The summed E-state index contributed by atoms with van der Waals surface area (Å²) < 4.78 is 54.4. The Kier molecular flexibility index (Phi) is 4.16. The number of carbonyl (C=O) groups is 1. The fraction of sp³-hybridized carbons (Fsp3) is 0.333. The number of benzene rings is 1. The van der Waals surface area contributed by atoms with Gasteiger partial charge in [-0.2, -0.15) is 4.39 Å². The lowest BCUT2D eigenvalue weighted by Gasteiger charge is -2.36. The van der Waals surface area contributed by atoms with Crippen molar-refractivity contribution < 1.29 is 27.1 Å². The number of alkyl halides is 3. The molecule has 2 amide bonds. The first-order valence-electron chi connectivity index (χ1n) is 8.40. The van der Waals surface area contributed by atoms with Crippen molar-refractivity contribution in [1.29, 1.82) is 0 Å². The van der Waals surface area contributed by atoms with Crippen LogP contribution in [-0.2, 0) is 6.42 Å².